The number of halogens is 3. The van der Waals surface area contributed by atoms with Crippen LogP contribution in [0.1, 0.15) is 5.56 Å². The van der Waals surface area contributed by atoms with Gasteiger partial charge in [0.05, 0.1) is 18.4 Å². The number of hydrogen-bond acceptors (Lipinski definition) is 4. The van der Waals surface area contributed by atoms with Gasteiger partial charge in [0, 0.05) is 19.6 Å². The van der Waals surface area contributed by atoms with Gasteiger partial charge >= 0.3 is 6.18 Å². The number of aliphatic hydroxyl groups excluding tert-OH is 1. The fourth-order valence-corrected chi connectivity index (χ4v) is 3.32. The quantitative estimate of drug-likeness (QED) is 0.831. The molecule has 24 heavy (non-hydrogen) atoms. The molecule has 1 aromatic rings. The summed E-state index contributed by atoms with van der Waals surface area (Å²) < 4.78 is 37.3. The number of imide groups is 1. The minimum atomic E-state index is -4.85. The molecule has 1 aromatic carbocycles. The maximum atomic E-state index is 12.4. The van der Waals surface area contributed by atoms with E-state index < -0.39 is 42.5 Å². The standard InChI is InChI=1S/C16H17F3N2O3/c17-16(18,19)13(22)9-21-14(23)11-7-20(8-12(11)15(21)24)6-10-4-2-1-3-5-10/h1-5,11-13,22H,6-9H2/t11-,12-,13-/m1/s1. The van der Waals surface area contributed by atoms with Crippen molar-refractivity contribution in [3.63, 3.8) is 0 Å². The summed E-state index contributed by atoms with van der Waals surface area (Å²) in [7, 11) is 0. The molecule has 3 atom stereocenters. The van der Waals surface area contributed by atoms with Gasteiger partial charge in [-0.3, -0.25) is 19.4 Å². The summed E-state index contributed by atoms with van der Waals surface area (Å²) in [5.41, 5.74) is 1.04. The van der Waals surface area contributed by atoms with Gasteiger partial charge in [0.25, 0.3) is 0 Å². The summed E-state index contributed by atoms with van der Waals surface area (Å²) in [5, 5.41) is 9.11. The van der Waals surface area contributed by atoms with Crippen LogP contribution in [0.15, 0.2) is 30.3 Å². The van der Waals surface area contributed by atoms with E-state index in [1.54, 1.807) is 0 Å². The fourth-order valence-electron chi connectivity index (χ4n) is 3.32. The molecule has 2 aliphatic heterocycles. The average molecular weight is 342 g/mol. The van der Waals surface area contributed by atoms with Gasteiger partial charge in [0.2, 0.25) is 11.8 Å². The number of fused-ring (bicyclic) bond motifs is 1. The van der Waals surface area contributed by atoms with E-state index in [1.807, 2.05) is 35.2 Å². The van der Waals surface area contributed by atoms with Gasteiger partial charge in [0.1, 0.15) is 0 Å². The van der Waals surface area contributed by atoms with Crippen LogP contribution >= 0.6 is 0 Å². The highest BCUT2D eigenvalue weighted by Crippen LogP contribution is 2.35. The highest BCUT2D eigenvalue weighted by Gasteiger charge is 2.54. The van der Waals surface area contributed by atoms with E-state index in [2.05, 4.69) is 0 Å². The van der Waals surface area contributed by atoms with Crippen molar-refractivity contribution in [3.8, 4) is 0 Å². The Morgan fingerprint density at radius 3 is 2.12 bits per heavy atom. The normalized spacial score (nSPS) is 26.1. The number of hydrogen-bond donors (Lipinski definition) is 1. The van der Waals surface area contributed by atoms with Crippen molar-refractivity contribution in [2.24, 2.45) is 11.8 Å². The minimum absolute atomic E-state index is 0.336. The third-order valence-corrected chi connectivity index (χ3v) is 4.54. The van der Waals surface area contributed by atoms with Crippen molar-refractivity contribution in [2.75, 3.05) is 19.6 Å². The molecule has 5 nitrogen and oxygen atoms in total. The van der Waals surface area contributed by atoms with Crippen LogP contribution in [0.25, 0.3) is 0 Å². The van der Waals surface area contributed by atoms with E-state index in [-0.39, 0.29) is 0 Å². The summed E-state index contributed by atoms with van der Waals surface area (Å²) in [5.74, 6) is -2.49. The highest BCUT2D eigenvalue weighted by molar-refractivity contribution is 6.05. The molecule has 0 aromatic heterocycles. The zero-order chi connectivity index (χ0) is 17.5. The lowest BCUT2D eigenvalue weighted by Crippen LogP contribution is -2.45. The largest absolute Gasteiger partial charge is 0.416 e. The molecular weight excluding hydrogens is 325 g/mol. The van der Waals surface area contributed by atoms with E-state index in [0.717, 1.165) is 5.56 Å². The molecule has 2 amide bonds. The van der Waals surface area contributed by atoms with Crippen LogP contribution in [0.2, 0.25) is 0 Å². The Kier molecular flexibility index (Phi) is 4.35. The second-order valence-corrected chi connectivity index (χ2v) is 6.24. The van der Waals surface area contributed by atoms with Crippen molar-refractivity contribution in [1.29, 1.82) is 0 Å². The molecule has 0 unspecified atom stereocenters. The fraction of sp³-hybridized carbons (Fsp3) is 0.500. The molecule has 0 aliphatic carbocycles. The van der Waals surface area contributed by atoms with Crippen LogP contribution in [-0.2, 0) is 16.1 Å². The Balaban J connectivity index is 1.64. The Hall–Kier alpha value is -1.93. The first-order chi connectivity index (χ1) is 11.3. The van der Waals surface area contributed by atoms with Crippen LogP contribution < -0.4 is 0 Å². The third-order valence-electron chi connectivity index (χ3n) is 4.54. The molecule has 0 saturated carbocycles. The van der Waals surface area contributed by atoms with Gasteiger partial charge in [-0.15, -0.1) is 0 Å². The summed E-state index contributed by atoms with van der Waals surface area (Å²) in [6.45, 7) is 0.234. The molecule has 2 heterocycles. The number of nitrogens with zero attached hydrogens (tertiary/aromatic N) is 2. The number of carbonyl (C=O) groups excluding carboxylic acids is 2. The smallest absolute Gasteiger partial charge is 0.382 e. The Labute approximate surface area is 136 Å². The van der Waals surface area contributed by atoms with E-state index in [4.69, 9.17) is 5.11 Å². The topological polar surface area (TPSA) is 60.9 Å². The van der Waals surface area contributed by atoms with Gasteiger partial charge < -0.3 is 5.11 Å². The molecule has 0 spiro atoms. The number of β-amino-alcohol motifs (C(OH)–C–C–N with tert-alkyl or cyclic N) is 1. The van der Waals surface area contributed by atoms with E-state index >= 15 is 0 Å². The van der Waals surface area contributed by atoms with Gasteiger partial charge in [-0.1, -0.05) is 30.3 Å². The molecule has 2 fully saturated rings. The summed E-state index contributed by atoms with van der Waals surface area (Å²) in [6.07, 6.45) is -7.55. The van der Waals surface area contributed by atoms with Gasteiger partial charge in [-0.05, 0) is 5.56 Å². The Morgan fingerprint density at radius 1 is 1.08 bits per heavy atom. The lowest BCUT2D eigenvalue weighted by molar-refractivity contribution is -0.208. The maximum Gasteiger partial charge on any atom is 0.416 e. The Morgan fingerprint density at radius 2 is 1.62 bits per heavy atom. The first-order valence-electron chi connectivity index (χ1n) is 7.63. The summed E-state index contributed by atoms with van der Waals surface area (Å²) >= 11 is 0. The average Bonchev–Trinajstić information content (AvgIpc) is 3.02. The van der Waals surface area contributed by atoms with Gasteiger partial charge in [-0.25, -0.2) is 0 Å². The summed E-state index contributed by atoms with van der Waals surface area (Å²) in [6, 6.07) is 9.54. The second-order valence-electron chi connectivity index (χ2n) is 6.24. The van der Waals surface area contributed by atoms with Crippen LogP contribution in [0.4, 0.5) is 13.2 Å². The number of likely N-dealkylation sites (tertiary alicyclic amines) is 2. The lowest BCUT2D eigenvalue weighted by Gasteiger charge is -2.23. The van der Waals surface area contributed by atoms with Crippen molar-refractivity contribution >= 4 is 11.8 Å². The molecule has 2 saturated heterocycles. The minimum Gasteiger partial charge on any atom is -0.382 e. The van der Waals surface area contributed by atoms with Crippen molar-refractivity contribution in [1.82, 2.24) is 9.80 Å². The highest BCUT2D eigenvalue weighted by atomic mass is 19.4. The predicted molar refractivity (Wildman–Crippen MR) is 77.5 cm³/mol. The third kappa shape index (κ3) is 3.16. The molecule has 2 aliphatic rings. The molecule has 8 heteroatoms. The van der Waals surface area contributed by atoms with Crippen molar-refractivity contribution < 1.29 is 27.9 Å². The molecule has 130 valence electrons. The first kappa shape index (κ1) is 16.9. The SMILES string of the molecule is O=C1[C@@H]2CN(Cc3ccccc3)C[C@H]2C(=O)N1C[C@@H](O)C(F)(F)F. The first-order valence-corrected chi connectivity index (χ1v) is 7.63. The molecule has 0 bridgehead atoms. The van der Waals surface area contributed by atoms with Crippen LogP contribution in [0.5, 0.6) is 0 Å². The van der Waals surface area contributed by atoms with E-state index in [0.29, 0.717) is 24.5 Å². The van der Waals surface area contributed by atoms with Crippen LogP contribution in [0.3, 0.4) is 0 Å². The number of aliphatic hydroxyl groups is 1. The molecule has 1 N–H and O–H groups in total. The number of rotatable bonds is 4. The molecule has 3 rings (SSSR count). The van der Waals surface area contributed by atoms with Crippen LogP contribution in [0, 0.1) is 11.8 Å². The zero-order valence-corrected chi connectivity index (χ0v) is 12.7. The number of benzene rings is 1. The zero-order valence-electron chi connectivity index (χ0n) is 12.7. The second kappa shape index (κ2) is 6.18. The number of amides is 2. The Bertz CT molecular complexity index is 611. The van der Waals surface area contributed by atoms with Gasteiger partial charge in [-0.2, -0.15) is 13.2 Å². The lowest BCUT2D eigenvalue weighted by atomic mass is 10.00. The monoisotopic (exact) mass is 342 g/mol. The molecule has 0 radical (unpaired) electrons. The summed E-state index contributed by atoms with van der Waals surface area (Å²) in [4.78, 5) is 27.0. The predicted octanol–water partition coefficient (Wildman–Crippen LogP) is 1.03. The van der Waals surface area contributed by atoms with E-state index in [1.165, 1.54) is 0 Å². The number of alkyl halides is 3. The van der Waals surface area contributed by atoms with Crippen LogP contribution in [-0.4, -0.2) is 58.6 Å². The van der Waals surface area contributed by atoms with Crippen molar-refractivity contribution in [2.45, 2.75) is 18.8 Å². The maximum absolute atomic E-state index is 12.4. The number of carbonyl (C=O) groups is 2. The van der Waals surface area contributed by atoms with E-state index in [9.17, 15) is 22.8 Å². The van der Waals surface area contributed by atoms with Crippen molar-refractivity contribution in [3.05, 3.63) is 35.9 Å². The van der Waals surface area contributed by atoms with Gasteiger partial charge in [0.15, 0.2) is 6.10 Å². The molecular formula is C16H17F3N2O3.